The Balaban J connectivity index is 2.16. The average molecular weight is 360 g/mol. The minimum absolute atomic E-state index is 0.0349. The predicted octanol–water partition coefficient (Wildman–Crippen LogP) is 4.22. The third kappa shape index (κ3) is 4.59. The Labute approximate surface area is 140 Å². The first-order valence-corrected chi connectivity index (χ1v) is 7.67. The molecule has 1 aromatic rings. The van der Waals surface area contributed by atoms with E-state index in [1.54, 1.807) is 6.07 Å². The zero-order chi connectivity index (χ0) is 17.2. The van der Waals surface area contributed by atoms with Crippen LogP contribution in [0.4, 0.5) is 18.9 Å². The topological polar surface area (TPSA) is 64.3 Å². The molecule has 1 aromatic carbocycles. The second kappa shape index (κ2) is 6.76. The van der Waals surface area contributed by atoms with Gasteiger partial charge in [-0.3, -0.25) is 9.10 Å². The molecule has 0 heterocycles. The molecule has 4 nitrogen and oxygen atoms in total. The molecule has 1 aliphatic carbocycles. The highest BCUT2D eigenvalue weighted by molar-refractivity contribution is 8.00. The Bertz CT molecular complexity index is 677. The van der Waals surface area contributed by atoms with Crippen LogP contribution in [-0.4, -0.2) is 16.5 Å². The SMILES string of the molecule is N#CC(C(=O)N(S)c1ccc(SC(F)(F)F)cc1)=C(O)C1CC1. The van der Waals surface area contributed by atoms with Gasteiger partial charge in [0.1, 0.15) is 11.8 Å². The molecule has 0 atom stereocenters. The summed E-state index contributed by atoms with van der Waals surface area (Å²) < 4.78 is 37.6. The number of rotatable bonds is 4. The van der Waals surface area contributed by atoms with Crippen molar-refractivity contribution in [3.63, 3.8) is 0 Å². The quantitative estimate of drug-likeness (QED) is 0.277. The van der Waals surface area contributed by atoms with Crippen molar-refractivity contribution in [1.82, 2.24) is 0 Å². The number of carbonyl (C=O) groups excluding carboxylic acids is 1. The van der Waals surface area contributed by atoms with E-state index in [1.807, 2.05) is 0 Å². The van der Waals surface area contributed by atoms with Crippen LogP contribution in [0.25, 0.3) is 0 Å². The van der Waals surface area contributed by atoms with Gasteiger partial charge < -0.3 is 5.11 Å². The molecule has 1 amide bonds. The van der Waals surface area contributed by atoms with Crippen molar-refractivity contribution in [1.29, 1.82) is 5.26 Å². The lowest BCUT2D eigenvalue weighted by molar-refractivity contribution is -0.113. The van der Waals surface area contributed by atoms with E-state index >= 15 is 0 Å². The van der Waals surface area contributed by atoms with Crippen molar-refractivity contribution in [3.05, 3.63) is 35.6 Å². The lowest BCUT2D eigenvalue weighted by atomic mass is 10.1. The van der Waals surface area contributed by atoms with Crippen LogP contribution in [0.3, 0.4) is 0 Å². The lowest BCUT2D eigenvalue weighted by Gasteiger charge is -2.16. The number of hydrogen-bond acceptors (Lipinski definition) is 5. The number of aliphatic hydroxyl groups is 1. The maximum Gasteiger partial charge on any atom is 0.446 e. The standard InChI is InChI=1S/C14H11F3N2O2S2/c15-14(16,17)23-10-5-3-9(4-6-10)19(22)13(21)11(7-18)12(20)8-1-2-8/h3-6,8,20,22H,1-2H2. The first-order chi connectivity index (χ1) is 10.7. The molecule has 0 saturated heterocycles. The second-order valence-corrected chi connectivity index (χ2v) is 6.34. The van der Waals surface area contributed by atoms with Crippen molar-refractivity contribution < 1.29 is 23.1 Å². The van der Waals surface area contributed by atoms with E-state index in [1.165, 1.54) is 24.3 Å². The fourth-order valence-electron chi connectivity index (χ4n) is 1.79. The Morgan fingerprint density at radius 3 is 2.35 bits per heavy atom. The van der Waals surface area contributed by atoms with E-state index in [9.17, 15) is 23.1 Å². The predicted molar refractivity (Wildman–Crippen MR) is 82.8 cm³/mol. The summed E-state index contributed by atoms with van der Waals surface area (Å²) in [7, 11) is 0. The molecule has 1 fully saturated rings. The molecule has 1 aliphatic rings. The molecule has 0 aliphatic heterocycles. The maximum absolute atomic E-state index is 12.3. The average Bonchev–Trinajstić information content (AvgIpc) is 3.30. The minimum Gasteiger partial charge on any atom is -0.510 e. The summed E-state index contributed by atoms with van der Waals surface area (Å²) in [5.41, 5.74) is -4.61. The van der Waals surface area contributed by atoms with Gasteiger partial charge in [-0.1, -0.05) is 12.8 Å². The zero-order valence-electron chi connectivity index (χ0n) is 11.5. The first kappa shape index (κ1) is 17.6. The number of thiol groups is 1. The highest BCUT2D eigenvalue weighted by atomic mass is 32.2. The summed E-state index contributed by atoms with van der Waals surface area (Å²) in [5.74, 6) is -1.27. The summed E-state index contributed by atoms with van der Waals surface area (Å²) in [6.45, 7) is 0. The summed E-state index contributed by atoms with van der Waals surface area (Å²) >= 11 is 3.70. The largest absolute Gasteiger partial charge is 0.510 e. The summed E-state index contributed by atoms with van der Waals surface area (Å²) in [6, 6.07) is 6.60. The smallest absolute Gasteiger partial charge is 0.446 e. The van der Waals surface area contributed by atoms with Crippen molar-refractivity contribution in [2.75, 3.05) is 4.31 Å². The van der Waals surface area contributed by atoms with Crippen LogP contribution < -0.4 is 4.31 Å². The molecule has 23 heavy (non-hydrogen) atoms. The van der Waals surface area contributed by atoms with Crippen molar-refractivity contribution in [2.45, 2.75) is 23.2 Å². The number of benzene rings is 1. The van der Waals surface area contributed by atoms with Crippen LogP contribution in [0.1, 0.15) is 12.8 Å². The second-order valence-electron chi connectivity index (χ2n) is 4.80. The molecule has 1 saturated carbocycles. The van der Waals surface area contributed by atoms with E-state index in [0.29, 0.717) is 12.8 Å². The highest BCUT2D eigenvalue weighted by Crippen LogP contribution is 2.38. The Hall–Kier alpha value is -1.79. The Morgan fingerprint density at radius 1 is 1.35 bits per heavy atom. The van der Waals surface area contributed by atoms with Crippen molar-refractivity contribution in [2.24, 2.45) is 5.92 Å². The number of anilines is 1. The molecule has 1 N–H and O–H groups in total. The Kier molecular flexibility index (Phi) is 5.16. The number of aliphatic hydroxyl groups excluding tert-OH is 1. The van der Waals surface area contributed by atoms with Gasteiger partial charge in [0.05, 0.1) is 5.69 Å². The number of halogens is 3. The van der Waals surface area contributed by atoms with E-state index < -0.39 is 17.0 Å². The van der Waals surface area contributed by atoms with E-state index in [2.05, 4.69) is 12.8 Å². The normalized spacial score (nSPS) is 15.6. The number of allylic oxidation sites excluding steroid dienone is 1. The van der Waals surface area contributed by atoms with Gasteiger partial charge in [-0.05, 0) is 48.9 Å². The fraction of sp³-hybridized carbons (Fsp3) is 0.286. The van der Waals surface area contributed by atoms with E-state index in [-0.39, 0.29) is 34.0 Å². The highest BCUT2D eigenvalue weighted by Gasteiger charge is 2.32. The molecular weight excluding hydrogens is 349 g/mol. The van der Waals surface area contributed by atoms with E-state index in [0.717, 1.165) is 4.31 Å². The van der Waals surface area contributed by atoms with Gasteiger partial charge in [-0.15, -0.1) is 0 Å². The van der Waals surface area contributed by atoms with Gasteiger partial charge >= 0.3 is 5.51 Å². The van der Waals surface area contributed by atoms with Gasteiger partial charge in [-0.25, -0.2) is 0 Å². The number of thioether (sulfide) groups is 1. The number of alkyl halides is 3. The van der Waals surface area contributed by atoms with Crippen molar-refractivity contribution >= 4 is 36.2 Å². The lowest BCUT2D eigenvalue weighted by Crippen LogP contribution is -2.23. The van der Waals surface area contributed by atoms with Crippen LogP contribution >= 0.6 is 24.6 Å². The minimum atomic E-state index is -4.40. The summed E-state index contributed by atoms with van der Waals surface area (Å²) in [6.07, 6.45) is 1.42. The van der Waals surface area contributed by atoms with E-state index in [4.69, 9.17) is 5.26 Å². The molecule has 2 rings (SSSR count). The fourth-order valence-corrected chi connectivity index (χ4v) is 2.56. The van der Waals surface area contributed by atoms with Gasteiger partial charge in [0, 0.05) is 10.8 Å². The number of hydrogen-bond donors (Lipinski definition) is 2. The molecule has 0 unspecified atom stereocenters. The first-order valence-electron chi connectivity index (χ1n) is 6.45. The molecule has 0 radical (unpaired) electrons. The van der Waals surface area contributed by atoms with Crippen LogP contribution in [0.15, 0.2) is 40.5 Å². The number of nitrogens with zero attached hydrogens (tertiary/aromatic N) is 2. The Morgan fingerprint density at radius 2 is 1.91 bits per heavy atom. The van der Waals surface area contributed by atoms with Gasteiger partial charge in [0.25, 0.3) is 5.91 Å². The molecule has 0 spiro atoms. The number of amides is 1. The number of carbonyl (C=O) groups is 1. The molecule has 0 aromatic heterocycles. The monoisotopic (exact) mass is 360 g/mol. The molecule has 9 heteroatoms. The third-order valence-electron chi connectivity index (χ3n) is 3.05. The number of nitriles is 1. The molecule has 0 bridgehead atoms. The van der Waals surface area contributed by atoms with Gasteiger partial charge in [0.2, 0.25) is 0 Å². The van der Waals surface area contributed by atoms with Gasteiger partial charge in [0.15, 0.2) is 5.57 Å². The van der Waals surface area contributed by atoms with Crippen LogP contribution in [0.2, 0.25) is 0 Å². The van der Waals surface area contributed by atoms with Gasteiger partial charge in [-0.2, -0.15) is 18.4 Å². The zero-order valence-corrected chi connectivity index (χ0v) is 13.3. The van der Waals surface area contributed by atoms with Crippen LogP contribution in [0, 0.1) is 17.2 Å². The van der Waals surface area contributed by atoms with Crippen LogP contribution in [0.5, 0.6) is 0 Å². The summed E-state index contributed by atoms with van der Waals surface area (Å²) in [4.78, 5) is 12.2. The maximum atomic E-state index is 12.3. The molecular formula is C14H11F3N2O2S2. The van der Waals surface area contributed by atoms with Crippen LogP contribution in [-0.2, 0) is 4.79 Å². The molecule has 122 valence electrons. The van der Waals surface area contributed by atoms with Crippen molar-refractivity contribution in [3.8, 4) is 6.07 Å². The third-order valence-corrected chi connectivity index (χ3v) is 4.21. The summed E-state index contributed by atoms with van der Waals surface area (Å²) in [5, 5.41) is 18.9.